The van der Waals surface area contributed by atoms with Crippen molar-refractivity contribution in [2.45, 2.75) is 17.7 Å². The van der Waals surface area contributed by atoms with Crippen LogP contribution >= 0.6 is 10.7 Å². The van der Waals surface area contributed by atoms with Gasteiger partial charge in [-0.25, -0.2) is 8.42 Å². The molecule has 1 aromatic rings. The molecule has 0 aliphatic rings. The van der Waals surface area contributed by atoms with Crippen molar-refractivity contribution in [3.05, 3.63) is 42.5 Å². The van der Waals surface area contributed by atoms with Gasteiger partial charge in [0.2, 0.25) is 0 Å². The molecule has 1 rings (SSSR count). The quantitative estimate of drug-likeness (QED) is 0.461. The lowest BCUT2D eigenvalue weighted by molar-refractivity contribution is 0.0793. The van der Waals surface area contributed by atoms with Gasteiger partial charge in [0, 0.05) is 29.8 Å². The summed E-state index contributed by atoms with van der Waals surface area (Å²) < 4.78 is 22.2. The molecule has 1 aromatic carbocycles. The number of nitrogens with zero attached hydrogens (tertiary/aromatic N) is 1. The molecular weight excluding hydrogens is 286 g/mol. The summed E-state index contributed by atoms with van der Waals surface area (Å²) in [4.78, 5) is 13.6. The molecule has 19 heavy (non-hydrogen) atoms. The van der Waals surface area contributed by atoms with Gasteiger partial charge >= 0.3 is 0 Å². The minimum atomic E-state index is -3.75. The van der Waals surface area contributed by atoms with Gasteiger partial charge in [-0.05, 0) is 37.1 Å². The molecule has 0 unspecified atom stereocenters. The number of allylic oxidation sites excluding steroid dienone is 1. The Morgan fingerprint density at radius 2 is 1.95 bits per heavy atom. The Hall–Kier alpha value is -1.33. The molecule has 0 fully saturated rings. The van der Waals surface area contributed by atoms with E-state index in [4.69, 9.17) is 10.7 Å². The lowest BCUT2D eigenvalue weighted by Gasteiger charge is -2.16. The molecule has 0 aromatic heterocycles. The zero-order valence-electron chi connectivity index (χ0n) is 10.7. The first-order valence-electron chi connectivity index (χ1n) is 5.77. The highest BCUT2D eigenvalue weighted by atomic mass is 35.7. The van der Waals surface area contributed by atoms with Gasteiger partial charge in [-0.2, -0.15) is 0 Å². The zero-order valence-corrected chi connectivity index (χ0v) is 12.2. The van der Waals surface area contributed by atoms with Crippen molar-refractivity contribution in [3.8, 4) is 0 Å². The van der Waals surface area contributed by atoms with Crippen LogP contribution < -0.4 is 0 Å². The average molecular weight is 302 g/mol. The molecule has 0 spiro atoms. The second kappa shape index (κ2) is 6.73. The zero-order chi connectivity index (χ0) is 14.5. The molecule has 4 nitrogen and oxygen atoms in total. The second-order valence-corrected chi connectivity index (χ2v) is 6.69. The van der Waals surface area contributed by atoms with E-state index < -0.39 is 9.05 Å². The van der Waals surface area contributed by atoms with Crippen LogP contribution in [0.15, 0.2) is 41.8 Å². The van der Waals surface area contributed by atoms with Crippen molar-refractivity contribution >= 4 is 25.6 Å². The third-order valence-corrected chi connectivity index (χ3v) is 4.00. The monoisotopic (exact) mass is 301 g/mol. The Morgan fingerprint density at radius 1 is 1.37 bits per heavy atom. The van der Waals surface area contributed by atoms with Crippen molar-refractivity contribution in [1.82, 2.24) is 4.90 Å². The third-order valence-electron chi connectivity index (χ3n) is 2.63. The fraction of sp³-hybridized carbons (Fsp3) is 0.308. The maximum Gasteiger partial charge on any atom is 0.261 e. The number of carbonyl (C=O) groups is 1. The summed E-state index contributed by atoms with van der Waals surface area (Å²) >= 11 is 0. The van der Waals surface area contributed by atoms with Crippen LogP contribution in [0.1, 0.15) is 23.2 Å². The van der Waals surface area contributed by atoms with E-state index >= 15 is 0 Å². The highest BCUT2D eigenvalue weighted by molar-refractivity contribution is 8.13. The molecule has 104 valence electrons. The maximum atomic E-state index is 12.0. The standard InChI is InChI=1S/C13H16ClNO3S/c1-3-4-5-10-15(2)13(16)11-6-8-12(9-7-11)19(14,17)18/h3,6-9H,1,4-5,10H2,2H3. The van der Waals surface area contributed by atoms with Crippen LogP contribution in [0.25, 0.3) is 0 Å². The Kier molecular flexibility index (Phi) is 5.57. The normalized spacial score (nSPS) is 11.1. The van der Waals surface area contributed by atoms with E-state index in [1.54, 1.807) is 18.0 Å². The first kappa shape index (κ1) is 15.7. The number of halogens is 1. The highest BCUT2D eigenvalue weighted by Gasteiger charge is 2.14. The molecule has 0 aliphatic heterocycles. The smallest absolute Gasteiger partial charge is 0.261 e. The number of hydrogen-bond donors (Lipinski definition) is 0. The van der Waals surface area contributed by atoms with E-state index in [2.05, 4.69) is 6.58 Å². The Balaban J connectivity index is 2.75. The molecule has 0 bridgehead atoms. The van der Waals surface area contributed by atoms with Gasteiger partial charge in [-0.15, -0.1) is 6.58 Å². The number of amides is 1. The molecule has 0 N–H and O–H groups in total. The van der Waals surface area contributed by atoms with Crippen LogP contribution in [0.5, 0.6) is 0 Å². The molecule has 0 atom stereocenters. The van der Waals surface area contributed by atoms with Gasteiger partial charge in [-0.1, -0.05) is 6.08 Å². The van der Waals surface area contributed by atoms with Crippen LogP contribution in [0.3, 0.4) is 0 Å². The van der Waals surface area contributed by atoms with Crippen molar-refractivity contribution in [3.63, 3.8) is 0 Å². The molecule has 0 saturated heterocycles. The average Bonchev–Trinajstić information content (AvgIpc) is 2.37. The summed E-state index contributed by atoms with van der Waals surface area (Å²) in [6.07, 6.45) is 3.50. The highest BCUT2D eigenvalue weighted by Crippen LogP contribution is 2.16. The van der Waals surface area contributed by atoms with E-state index in [0.29, 0.717) is 12.1 Å². The molecule has 0 aliphatic carbocycles. The topological polar surface area (TPSA) is 54.5 Å². The van der Waals surface area contributed by atoms with Gasteiger partial charge < -0.3 is 4.90 Å². The van der Waals surface area contributed by atoms with Gasteiger partial charge in [-0.3, -0.25) is 4.79 Å². The fourth-order valence-electron chi connectivity index (χ4n) is 1.55. The van der Waals surface area contributed by atoms with Gasteiger partial charge in [0.1, 0.15) is 0 Å². The Morgan fingerprint density at radius 3 is 2.42 bits per heavy atom. The van der Waals surface area contributed by atoms with Gasteiger partial charge in [0.05, 0.1) is 4.90 Å². The van der Waals surface area contributed by atoms with Crippen LogP contribution in [0.4, 0.5) is 0 Å². The van der Waals surface area contributed by atoms with E-state index in [-0.39, 0.29) is 10.8 Å². The lowest BCUT2D eigenvalue weighted by atomic mass is 10.2. The molecule has 0 radical (unpaired) electrons. The number of carbonyl (C=O) groups excluding carboxylic acids is 1. The molecule has 1 amide bonds. The Labute approximate surface area is 118 Å². The van der Waals surface area contributed by atoms with Crippen molar-refractivity contribution in [1.29, 1.82) is 0 Å². The number of benzene rings is 1. The van der Waals surface area contributed by atoms with Crippen LogP contribution in [0.2, 0.25) is 0 Å². The van der Waals surface area contributed by atoms with Crippen LogP contribution in [-0.4, -0.2) is 32.8 Å². The Bertz CT molecular complexity index is 552. The largest absolute Gasteiger partial charge is 0.342 e. The number of hydrogen-bond acceptors (Lipinski definition) is 3. The molecule has 6 heteroatoms. The molecule has 0 heterocycles. The number of rotatable bonds is 6. The summed E-state index contributed by atoms with van der Waals surface area (Å²) in [5.41, 5.74) is 0.435. The predicted molar refractivity (Wildman–Crippen MR) is 75.9 cm³/mol. The van der Waals surface area contributed by atoms with E-state index in [1.807, 2.05) is 0 Å². The first-order valence-corrected chi connectivity index (χ1v) is 8.08. The third kappa shape index (κ3) is 4.69. The van der Waals surface area contributed by atoms with Crippen molar-refractivity contribution < 1.29 is 13.2 Å². The molecular formula is C13H16ClNO3S. The number of unbranched alkanes of at least 4 members (excludes halogenated alkanes) is 1. The van der Waals surface area contributed by atoms with E-state index in [0.717, 1.165) is 12.8 Å². The predicted octanol–water partition coefficient (Wildman–Crippen LogP) is 2.65. The summed E-state index contributed by atoms with van der Waals surface area (Å²) in [7, 11) is 3.16. The van der Waals surface area contributed by atoms with Gasteiger partial charge in [0.25, 0.3) is 15.0 Å². The first-order chi connectivity index (χ1) is 8.86. The molecule has 0 saturated carbocycles. The summed E-state index contributed by atoms with van der Waals surface area (Å²) in [6, 6.07) is 5.57. The summed E-state index contributed by atoms with van der Waals surface area (Å²) in [5.74, 6) is -0.150. The summed E-state index contributed by atoms with van der Waals surface area (Å²) in [6.45, 7) is 4.25. The maximum absolute atomic E-state index is 12.0. The SMILES string of the molecule is C=CCCCN(C)C(=O)c1ccc(S(=O)(=O)Cl)cc1. The van der Waals surface area contributed by atoms with Gasteiger partial charge in [0.15, 0.2) is 0 Å². The van der Waals surface area contributed by atoms with E-state index in [9.17, 15) is 13.2 Å². The van der Waals surface area contributed by atoms with Crippen LogP contribution in [-0.2, 0) is 9.05 Å². The second-order valence-electron chi connectivity index (χ2n) is 4.12. The summed E-state index contributed by atoms with van der Waals surface area (Å²) in [5, 5.41) is 0. The minimum Gasteiger partial charge on any atom is -0.342 e. The minimum absolute atomic E-state index is 0.0139. The van der Waals surface area contributed by atoms with E-state index in [1.165, 1.54) is 24.3 Å². The fourth-order valence-corrected chi connectivity index (χ4v) is 2.32. The van der Waals surface area contributed by atoms with Crippen LogP contribution in [0, 0.1) is 0 Å². The van der Waals surface area contributed by atoms with Crippen molar-refractivity contribution in [2.24, 2.45) is 0 Å². The van der Waals surface area contributed by atoms with Crippen molar-refractivity contribution in [2.75, 3.05) is 13.6 Å². The lowest BCUT2D eigenvalue weighted by Crippen LogP contribution is -2.27.